The Bertz CT molecular complexity index is 1180. The molecule has 1 saturated heterocycles. The maximum Gasteiger partial charge on any atom is 0.243 e. The van der Waals surface area contributed by atoms with E-state index < -0.39 is 15.8 Å². The quantitative estimate of drug-likeness (QED) is 0.627. The molecule has 31 heavy (non-hydrogen) atoms. The van der Waals surface area contributed by atoms with Crippen molar-refractivity contribution in [3.05, 3.63) is 66.0 Å². The van der Waals surface area contributed by atoms with E-state index in [9.17, 15) is 17.6 Å². The molecule has 0 atom stereocenters. The molecule has 1 aliphatic heterocycles. The zero-order chi connectivity index (χ0) is 22.0. The number of hydrogen-bond donors (Lipinski definition) is 1. The Balaban J connectivity index is 1.37. The van der Waals surface area contributed by atoms with Crippen molar-refractivity contribution < 1.29 is 17.6 Å². The summed E-state index contributed by atoms with van der Waals surface area (Å²) in [5.74, 6) is -1.18. The molecule has 0 aliphatic carbocycles. The lowest BCUT2D eigenvalue weighted by Crippen LogP contribution is -2.41. The fourth-order valence-corrected chi connectivity index (χ4v) is 5.06. The van der Waals surface area contributed by atoms with Crippen LogP contribution in [-0.4, -0.2) is 46.5 Å². The third-order valence-electron chi connectivity index (χ3n) is 5.16. The van der Waals surface area contributed by atoms with Gasteiger partial charge in [0.1, 0.15) is 18.3 Å². The van der Waals surface area contributed by atoms with Crippen LogP contribution in [0.3, 0.4) is 0 Å². The average molecular weight is 464 g/mol. The van der Waals surface area contributed by atoms with E-state index >= 15 is 0 Å². The summed E-state index contributed by atoms with van der Waals surface area (Å²) >= 11 is 5.83. The van der Waals surface area contributed by atoms with Crippen LogP contribution < -0.4 is 5.32 Å². The number of carbonyl (C=O) groups is 1. The van der Waals surface area contributed by atoms with E-state index in [1.807, 2.05) is 0 Å². The van der Waals surface area contributed by atoms with Gasteiger partial charge < -0.3 is 5.32 Å². The van der Waals surface area contributed by atoms with Crippen LogP contribution in [0.5, 0.6) is 0 Å². The van der Waals surface area contributed by atoms with Gasteiger partial charge in [0.15, 0.2) is 5.82 Å². The SMILES string of the molecule is O=C(Nc1ccc(-n2cncn2)c(F)c1)C1CCN(S(=O)(=O)c2ccc(Cl)cc2)CC1. The second kappa shape index (κ2) is 8.74. The van der Waals surface area contributed by atoms with Crippen molar-refractivity contribution in [1.29, 1.82) is 0 Å². The van der Waals surface area contributed by atoms with Gasteiger partial charge in [-0.05, 0) is 55.3 Å². The van der Waals surface area contributed by atoms with E-state index in [0.29, 0.717) is 23.6 Å². The third-order valence-corrected chi connectivity index (χ3v) is 7.32. The van der Waals surface area contributed by atoms with E-state index in [4.69, 9.17) is 11.6 Å². The Labute approximate surface area is 183 Å². The van der Waals surface area contributed by atoms with E-state index in [-0.39, 0.29) is 35.5 Å². The summed E-state index contributed by atoms with van der Waals surface area (Å²) in [4.78, 5) is 16.6. The summed E-state index contributed by atoms with van der Waals surface area (Å²) in [5, 5.41) is 7.05. The molecule has 8 nitrogen and oxygen atoms in total. The number of carbonyl (C=O) groups excluding carboxylic acids is 1. The fraction of sp³-hybridized carbons (Fsp3) is 0.250. The fourth-order valence-electron chi connectivity index (χ4n) is 3.46. The van der Waals surface area contributed by atoms with Gasteiger partial charge in [-0.15, -0.1) is 0 Å². The molecule has 3 aromatic rings. The molecule has 162 valence electrons. The Kier molecular flexibility index (Phi) is 6.03. The topological polar surface area (TPSA) is 97.2 Å². The van der Waals surface area contributed by atoms with Crippen molar-refractivity contribution in [3.63, 3.8) is 0 Å². The van der Waals surface area contributed by atoms with Gasteiger partial charge in [0, 0.05) is 29.7 Å². The maximum absolute atomic E-state index is 14.4. The van der Waals surface area contributed by atoms with Crippen molar-refractivity contribution in [2.75, 3.05) is 18.4 Å². The standard InChI is InChI=1S/C20H19ClFN5O3S/c21-15-1-4-17(5-2-15)31(29,30)26-9-7-14(8-10-26)20(28)25-16-3-6-19(18(22)11-16)27-13-23-12-24-27/h1-6,11-14H,7-10H2,(H,25,28). The van der Waals surface area contributed by atoms with Gasteiger partial charge in [0.2, 0.25) is 15.9 Å². The first-order chi connectivity index (χ1) is 14.8. The first-order valence-corrected chi connectivity index (χ1v) is 11.4. The van der Waals surface area contributed by atoms with Crippen LogP contribution in [0.4, 0.5) is 10.1 Å². The number of anilines is 1. The largest absolute Gasteiger partial charge is 0.326 e. The van der Waals surface area contributed by atoms with Crippen molar-refractivity contribution in [2.24, 2.45) is 5.92 Å². The predicted molar refractivity (Wildman–Crippen MR) is 113 cm³/mol. The van der Waals surface area contributed by atoms with E-state index in [1.165, 1.54) is 58.0 Å². The molecule has 2 heterocycles. The Morgan fingerprint density at radius 1 is 1.13 bits per heavy atom. The van der Waals surface area contributed by atoms with Crippen LogP contribution >= 0.6 is 11.6 Å². The lowest BCUT2D eigenvalue weighted by Gasteiger charge is -2.30. The summed E-state index contributed by atoms with van der Waals surface area (Å²) in [5.41, 5.74) is 0.541. The molecule has 0 saturated carbocycles. The zero-order valence-electron chi connectivity index (χ0n) is 16.3. The van der Waals surface area contributed by atoms with Crippen LogP contribution in [0.15, 0.2) is 60.0 Å². The van der Waals surface area contributed by atoms with Crippen LogP contribution in [0.2, 0.25) is 5.02 Å². The van der Waals surface area contributed by atoms with Gasteiger partial charge in [-0.3, -0.25) is 4.79 Å². The molecular weight excluding hydrogens is 445 g/mol. The van der Waals surface area contributed by atoms with Gasteiger partial charge >= 0.3 is 0 Å². The molecule has 0 bridgehead atoms. The predicted octanol–water partition coefficient (Wildman–Crippen LogP) is 3.10. The summed E-state index contributed by atoms with van der Waals surface area (Å²) in [6.45, 7) is 0.450. The van der Waals surface area contributed by atoms with Gasteiger partial charge in [0.25, 0.3) is 0 Å². The van der Waals surface area contributed by atoms with E-state index in [1.54, 1.807) is 6.07 Å². The molecule has 4 rings (SSSR count). The third kappa shape index (κ3) is 4.60. The number of amides is 1. The smallest absolute Gasteiger partial charge is 0.243 e. The highest BCUT2D eigenvalue weighted by Gasteiger charge is 2.32. The molecule has 2 aromatic carbocycles. The van der Waals surface area contributed by atoms with Crippen LogP contribution in [0.1, 0.15) is 12.8 Å². The molecule has 1 N–H and O–H groups in total. The molecule has 1 fully saturated rings. The highest BCUT2D eigenvalue weighted by molar-refractivity contribution is 7.89. The number of hydrogen-bond acceptors (Lipinski definition) is 5. The second-order valence-corrected chi connectivity index (χ2v) is 9.50. The summed E-state index contributed by atoms with van der Waals surface area (Å²) in [6.07, 6.45) is 3.42. The lowest BCUT2D eigenvalue weighted by molar-refractivity contribution is -0.120. The number of aromatic nitrogens is 3. The first-order valence-electron chi connectivity index (χ1n) is 9.56. The number of nitrogens with one attached hydrogen (secondary N) is 1. The molecule has 0 spiro atoms. The molecule has 0 radical (unpaired) electrons. The minimum absolute atomic E-state index is 0.169. The molecular formula is C20H19ClFN5O3S. The van der Waals surface area contributed by atoms with Gasteiger partial charge in [-0.25, -0.2) is 22.5 Å². The summed E-state index contributed by atoms with van der Waals surface area (Å²) in [6, 6.07) is 10.3. The van der Waals surface area contributed by atoms with E-state index in [0.717, 1.165) is 0 Å². The monoisotopic (exact) mass is 463 g/mol. The Morgan fingerprint density at radius 3 is 2.45 bits per heavy atom. The van der Waals surface area contributed by atoms with Crippen LogP contribution in [0.25, 0.3) is 5.69 Å². The second-order valence-electron chi connectivity index (χ2n) is 7.13. The number of benzene rings is 2. The van der Waals surface area contributed by atoms with Crippen molar-refractivity contribution in [2.45, 2.75) is 17.7 Å². The van der Waals surface area contributed by atoms with E-state index in [2.05, 4.69) is 15.4 Å². The molecule has 11 heteroatoms. The molecule has 1 aliphatic rings. The highest BCUT2D eigenvalue weighted by Crippen LogP contribution is 2.26. The Morgan fingerprint density at radius 2 is 1.84 bits per heavy atom. The molecule has 0 unspecified atom stereocenters. The Hall–Kier alpha value is -2.82. The average Bonchev–Trinajstić information content (AvgIpc) is 3.29. The van der Waals surface area contributed by atoms with Crippen molar-refractivity contribution in [1.82, 2.24) is 19.1 Å². The first kappa shape index (κ1) is 21.4. The minimum atomic E-state index is -3.64. The summed E-state index contributed by atoms with van der Waals surface area (Å²) in [7, 11) is -3.64. The highest BCUT2D eigenvalue weighted by atomic mass is 35.5. The van der Waals surface area contributed by atoms with Crippen LogP contribution in [0, 0.1) is 11.7 Å². The van der Waals surface area contributed by atoms with Gasteiger partial charge in [-0.1, -0.05) is 11.6 Å². The number of halogens is 2. The number of nitrogens with zero attached hydrogens (tertiary/aromatic N) is 4. The lowest BCUT2D eigenvalue weighted by atomic mass is 9.97. The maximum atomic E-state index is 14.4. The summed E-state index contributed by atoms with van der Waals surface area (Å²) < 4.78 is 42.5. The normalized spacial score (nSPS) is 15.7. The number of rotatable bonds is 5. The minimum Gasteiger partial charge on any atom is -0.326 e. The van der Waals surface area contributed by atoms with Gasteiger partial charge in [0.05, 0.1) is 4.90 Å². The van der Waals surface area contributed by atoms with Crippen LogP contribution in [-0.2, 0) is 14.8 Å². The number of piperidine rings is 1. The van der Waals surface area contributed by atoms with Gasteiger partial charge in [-0.2, -0.15) is 9.40 Å². The molecule has 1 amide bonds. The van der Waals surface area contributed by atoms with Crippen molar-refractivity contribution in [3.8, 4) is 5.69 Å². The zero-order valence-corrected chi connectivity index (χ0v) is 17.9. The number of sulfonamides is 1. The van der Waals surface area contributed by atoms with Crippen molar-refractivity contribution >= 4 is 33.2 Å². The molecule has 1 aromatic heterocycles.